The van der Waals surface area contributed by atoms with Crippen molar-refractivity contribution < 1.29 is 0 Å². The Kier molecular flexibility index (Phi) is 4.39. The summed E-state index contributed by atoms with van der Waals surface area (Å²) >= 11 is 0. The molecule has 1 rings (SSSR count). The fourth-order valence-corrected chi connectivity index (χ4v) is 2.43. The Bertz CT molecular complexity index is 160. The van der Waals surface area contributed by atoms with Crippen LogP contribution in [0.2, 0.25) is 0 Å². The number of nitrogens with zero attached hydrogens (tertiary/aromatic N) is 1. The van der Waals surface area contributed by atoms with Gasteiger partial charge in [-0.2, -0.15) is 0 Å². The fourth-order valence-electron chi connectivity index (χ4n) is 2.43. The molecule has 0 aromatic carbocycles. The Balaban J connectivity index is 2.50. The van der Waals surface area contributed by atoms with Crippen molar-refractivity contribution in [2.75, 3.05) is 20.1 Å². The zero-order valence-electron chi connectivity index (χ0n) is 10.3. The van der Waals surface area contributed by atoms with E-state index in [1.165, 1.54) is 38.8 Å². The van der Waals surface area contributed by atoms with Gasteiger partial charge in [-0.15, -0.1) is 0 Å². The van der Waals surface area contributed by atoms with Crippen molar-refractivity contribution >= 4 is 0 Å². The van der Waals surface area contributed by atoms with Crippen molar-refractivity contribution in [3.8, 4) is 0 Å². The normalized spacial score (nSPS) is 27.9. The molecule has 1 atom stereocenters. The molecule has 2 heteroatoms. The molecule has 84 valence electrons. The van der Waals surface area contributed by atoms with E-state index in [-0.39, 0.29) is 0 Å². The summed E-state index contributed by atoms with van der Waals surface area (Å²) in [5, 5.41) is 3.72. The molecule has 0 bridgehead atoms. The highest BCUT2D eigenvalue weighted by Gasteiger charge is 2.33. The molecule has 0 aromatic rings. The van der Waals surface area contributed by atoms with Crippen LogP contribution in [0.15, 0.2) is 0 Å². The summed E-state index contributed by atoms with van der Waals surface area (Å²) in [6.45, 7) is 9.25. The number of likely N-dealkylation sites (N-methyl/N-ethyl adjacent to an activating group) is 1. The van der Waals surface area contributed by atoms with Crippen LogP contribution in [0.25, 0.3) is 0 Å². The molecule has 0 aromatic heterocycles. The summed E-state index contributed by atoms with van der Waals surface area (Å²) in [4.78, 5) is 2.47. The maximum absolute atomic E-state index is 3.72. The van der Waals surface area contributed by atoms with Crippen molar-refractivity contribution in [2.45, 2.75) is 58.0 Å². The Morgan fingerprint density at radius 1 is 1.43 bits per heavy atom. The van der Waals surface area contributed by atoms with E-state index >= 15 is 0 Å². The average Bonchev–Trinajstić information content (AvgIpc) is 2.54. The van der Waals surface area contributed by atoms with Crippen molar-refractivity contribution in [3.05, 3.63) is 0 Å². The third kappa shape index (κ3) is 2.96. The van der Waals surface area contributed by atoms with E-state index in [0.29, 0.717) is 11.6 Å². The first-order chi connectivity index (χ1) is 6.59. The van der Waals surface area contributed by atoms with Gasteiger partial charge in [0.1, 0.15) is 0 Å². The van der Waals surface area contributed by atoms with Gasteiger partial charge in [0, 0.05) is 18.1 Å². The lowest BCUT2D eigenvalue weighted by atomic mass is 9.91. The number of hydrogen-bond acceptors (Lipinski definition) is 2. The van der Waals surface area contributed by atoms with Gasteiger partial charge in [-0.1, -0.05) is 13.3 Å². The molecule has 14 heavy (non-hydrogen) atoms. The first-order valence-electron chi connectivity index (χ1n) is 6.05. The van der Waals surface area contributed by atoms with E-state index in [2.05, 4.69) is 38.0 Å². The van der Waals surface area contributed by atoms with Crippen LogP contribution in [0.4, 0.5) is 0 Å². The highest BCUT2D eigenvalue weighted by atomic mass is 15.2. The summed E-state index contributed by atoms with van der Waals surface area (Å²) in [5.41, 5.74) is 0.424. The largest absolute Gasteiger partial charge is 0.310 e. The summed E-state index contributed by atoms with van der Waals surface area (Å²) in [6.07, 6.45) is 5.33. The molecule has 1 unspecified atom stereocenters. The third-order valence-electron chi connectivity index (χ3n) is 3.49. The van der Waals surface area contributed by atoms with Crippen LogP contribution in [-0.4, -0.2) is 36.6 Å². The SMILES string of the molecule is CCCC1(CN(C)C(C)C)CCCN1. The van der Waals surface area contributed by atoms with E-state index in [4.69, 9.17) is 0 Å². The smallest absolute Gasteiger partial charge is 0.0309 e. The quantitative estimate of drug-likeness (QED) is 0.729. The second kappa shape index (κ2) is 5.13. The maximum Gasteiger partial charge on any atom is 0.0309 e. The van der Waals surface area contributed by atoms with Gasteiger partial charge in [0.2, 0.25) is 0 Å². The Morgan fingerprint density at radius 3 is 2.57 bits per heavy atom. The topological polar surface area (TPSA) is 15.3 Å². The second-order valence-corrected chi connectivity index (χ2v) is 5.07. The number of rotatable bonds is 5. The van der Waals surface area contributed by atoms with Gasteiger partial charge in [0.25, 0.3) is 0 Å². The van der Waals surface area contributed by atoms with Crippen LogP contribution in [0.5, 0.6) is 0 Å². The number of hydrogen-bond donors (Lipinski definition) is 1. The van der Waals surface area contributed by atoms with Crippen molar-refractivity contribution in [1.29, 1.82) is 0 Å². The van der Waals surface area contributed by atoms with Gasteiger partial charge in [0.15, 0.2) is 0 Å². The van der Waals surface area contributed by atoms with Crippen LogP contribution in [0.3, 0.4) is 0 Å². The minimum absolute atomic E-state index is 0.424. The predicted molar refractivity (Wildman–Crippen MR) is 62.6 cm³/mol. The monoisotopic (exact) mass is 198 g/mol. The van der Waals surface area contributed by atoms with Crippen molar-refractivity contribution in [3.63, 3.8) is 0 Å². The molecule has 1 saturated heterocycles. The molecule has 1 aliphatic heterocycles. The van der Waals surface area contributed by atoms with Crippen LogP contribution in [-0.2, 0) is 0 Å². The second-order valence-electron chi connectivity index (χ2n) is 5.07. The third-order valence-corrected chi connectivity index (χ3v) is 3.49. The van der Waals surface area contributed by atoms with Crippen LogP contribution < -0.4 is 5.32 Å². The fraction of sp³-hybridized carbons (Fsp3) is 1.00. The summed E-state index contributed by atoms with van der Waals surface area (Å²) < 4.78 is 0. The predicted octanol–water partition coefficient (Wildman–Crippen LogP) is 2.25. The number of nitrogens with one attached hydrogen (secondary N) is 1. The van der Waals surface area contributed by atoms with Gasteiger partial charge >= 0.3 is 0 Å². The zero-order valence-corrected chi connectivity index (χ0v) is 10.3. The minimum Gasteiger partial charge on any atom is -0.310 e. The first-order valence-corrected chi connectivity index (χ1v) is 6.05. The van der Waals surface area contributed by atoms with E-state index in [9.17, 15) is 0 Å². The van der Waals surface area contributed by atoms with Gasteiger partial charge in [-0.3, -0.25) is 0 Å². The molecule has 2 nitrogen and oxygen atoms in total. The van der Waals surface area contributed by atoms with E-state index in [1.54, 1.807) is 0 Å². The van der Waals surface area contributed by atoms with Crippen LogP contribution in [0, 0.1) is 0 Å². The van der Waals surface area contributed by atoms with E-state index in [1.807, 2.05) is 0 Å². The Labute approximate surface area is 89.1 Å². The minimum atomic E-state index is 0.424. The Morgan fingerprint density at radius 2 is 2.14 bits per heavy atom. The van der Waals surface area contributed by atoms with Crippen molar-refractivity contribution in [1.82, 2.24) is 10.2 Å². The maximum atomic E-state index is 3.72. The standard InChI is InChI=1S/C12H26N2/c1-5-7-12(8-6-9-13-12)10-14(4)11(2)3/h11,13H,5-10H2,1-4H3. The van der Waals surface area contributed by atoms with Crippen LogP contribution >= 0.6 is 0 Å². The van der Waals surface area contributed by atoms with E-state index in [0.717, 1.165) is 0 Å². The molecule has 0 saturated carbocycles. The van der Waals surface area contributed by atoms with Gasteiger partial charge in [-0.25, -0.2) is 0 Å². The molecule has 0 radical (unpaired) electrons. The zero-order chi connectivity index (χ0) is 10.6. The first kappa shape index (κ1) is 12.0. The molecular formula is C12H26N2. The van der Waals surface area contributed by atoms with Gasteiger partial charge in [-0.05, 0) is 46.7 Å². The summed E-state index contributed by atoms with van der Waals surface area (Å²) in [5.74, 6) is 0. The molecule has 1 aliphatic rings. The molecule has 0 spiro atoms. The van der Waals surface area contributed by atoms with E-state index < -0.39 is 0 Å². The van der Waals surface area contributed by atoms with Crippen molar-refractivity contribution in [2.24, 2.45) is 0 Å². The molecule has 1 fully saturated rings. The molecule has 1 heterocycles. The summed E-state index contributed by atoms with van der Waals surface area (Å²) in [7, 11) is 2.24. The Hall–Kier alpha value is -0.0800. The summed E-state index contributed by atoms with van der Waals surface area (Å²) in [6, 6.07) is 0.658. The van der Waals surface area contributed by atoms with Gasteiger partial charge in [0.05, 0.1) is 0 Å². The lowest BCUT2D eigenvalue weighted by Crippen LogP contribution is -2.50. The lowest BCUT2D eigenvalue weighted by molar-refractivity contribution is 0.182. The van der Waals surface area contributed by atoms with Gasteiger partial charge < -0.3 is 10.2 Å². The average molecular weight is 198 g/mol. The molecule has 0 aliphatic carbocycles. The van der Waals surface area contributed by atoms with Crippen LogP contribution in [0.1, 0.15) is 46.5 Å². The lowest BCUT2D eigenvalue weighted by Gasteiger charge is -2.35. The molecule has 0 amide bonds. The molecule has 1 N–H and O–H groups in total. The highest BCUT2D eigenvalue weighted by Crippen LogP contribution is 2.25. The highest BCUT2D eigenvalue weighted by molar-refractivity contribution is 4.95. The molecular weight excluding hydrogens is 172 g/mol.